The molecule has 15 heavy (non-hydrogen) atoms. The highest BCUT2D eigenvalue weighted by Gasteiger charge is 2.25. The zero-order chi connectivity index (χ0) is 10.4. The summed E-state index contributed by atoms with van der Waals surface area (Å²) in [5.74, 6) is 0. The number of rotatable bonds is 0. The van der Waals surface area contributed by atoms with Crippen LogP contribution in [0.5, 0.6) is 0 Å². The highest BCUT2D eigenvalue weighted by Crippen LogP contribution is 2.43. The zero-order valence-electron chi connectivity index (χ0n) is 8.57. The van der Waals surface area contributed by atoms with Gasteiger partial charge in [-0.25, -0.2) is 0 Å². The third-order valence-electron chi connectivity index (χ3n) is 3.05. The van der Waals surface area contributed by atoms with Crippen molar-refractivity contribution in [3.63, 3.8) is 0 Å². The second-order valence-corrected chi connectivity index (χ2v) is 4.08. The Labute approximate surface area is 89.0 Å². The Balaban J connectivity index is 2.32. The molecule has 0 bridgehead atoms. The summed E-state index contributed by atoms with van der Waals surface area (Å²) in [6.45, 7) is 2.05. The molecule has 1 N–H and O–H groups in total. The summed E-state index contributed by atoms with van der Waals surface area (Å²) in [5, 5.41) is 10.2. The van der Waals surface area contributed by atoms with Crippen LogP contribution in [0.2, 0.25) is 0 Å². The van der Waals surface area contributed by atoms with Crippen LogP contribution >= 0.6 is 0 Å². The van der Waals surface area contributed by atoms with Crippen LogP contribution in [0.1, 0.15) is 22.8 Å². The number of hydrogen-bond donors (Lipinski definition) is 1. The first-order valence-corrected chi connectivity index (χ1v) is 5.15. The molecule has 0 saturated carbocycles. The van der Waals surface area contributed by atoms with Crippen LogP contribution in [0.3, 0.4) is 0 Å². The standard InChI is InChI=1S/C14H12O/c1-9-6-7-11-10-4-2-3-5-12(10)14(15)13(11)8-9/h2-8,14-15H,1H3/t14-/m1/s1. The first-order valence-electron chi connectivity index (χ1n) is 5.15. The Morgan fingerprint density at radius 1 is 0.933 bits per heavy atom. The van der Waals surface area contributed by atoms with E-state index in [1.54, 1.807) is 0 Å². The molecule has 74 valence electrons. The summed E-state index contributed by atoms with van der Waals surface area (Å²) >= 11 is 0. The second-order valence-electron chi connectivity index (χ2n) is 4.08. The molecular formula is C14H12O. The fourth-order valence-corrected chi connectivity index (χ4v) is 2.30. The van der Waals surface area contributed by atoms with Gasteiger partial charge in [-0.2, -0.15) is 0 Å². The number of hydrogen-bond acceptors (Lipinski definition) is 1. The minimum Gasteiger partial charge on any atom is -0.384 e. The van der Waals surface area contributed by atoms with Gasteiger partial charge in [0, 0.05) is 0 Å². The molecule has 2 aromatic rings. The van der Waals surface area contributed by atoms with Gasteiger partial charge >= 0.3 is 0 Å². The Kier molecular flexibility index (Phi) is 1.70. The van der Waals surface area contributed by atoms with E-state index in [1.807, 2.05) is 18.2 Å². The molecule has 0 spiro atoms. The van der Waals surface area contributed by atoms with Gasteiger partial charge in [-0.15, -0.1) is 0 Å². The predicted octanol–water partition coefficient (Wildman–Crippen LogP) is 3.06. The highest BCUT2D eigenvalue weighted by atomic mass is 16.3. The number of aryl methyl sites for hydroxylation is 1. The number of aliphatic hydroxyl groups is 1. The van der Waals surface area contributed by atoms with Gasteiger partial charge in [0.25, 0.3) is 0 Å². The third-order valence-corrected chi connectivity index (χ3v) is 3.05. The molecule has 1 aliphatic carbocycles. The van der Waals surface area contributed by atoms with Crippen molar-refractivity contribution in [2.45, 2.75) is 13.0 Å². The summed E-state index contributed by atoms with van der Waals surface area (Å²) < 4.78 is 0. The van der Waals surface area contributed by atoms with Crippen molar-refractivity contribution >= 4 is 0 Å². The van der Waals surface area contributed by atoms with Crippen LogP contribution in [-0.4, -0.2) is 5.11 Å². The molecule has 0 saturated heterocycles. The van der Waals surface area contributed by atoms with Gasteiger partial charge in [-0.05, 0) is 29.2 Å². The molecule has 1 nitrogen and oxygen atoms in total. The molecule has 0 aliphatic heterocycles. The molecule has 0 unspecified atom stereocenters. The SMILES string of the molecule is Cc1ccc2c(c1)[C@H](O)c1ccccc1-2. The molecule has 0 heterocycles. The average Bonchev–Trinajstić information content (AvgIpc) is 2.54. The first-order chi connectivity index (χ1) is 7.27. The molecule has 0 amide bonds. The Morgan fingerprint density at radius 2 is 1.67 bits per heavy atom. The van der Waals surface area contributed by atoms with Gasteiger partial charge in [0.1, 0.15) is 6.10 Å². The molecule has 0 radical (unpaired) electrons. The van der Waals surface area contributed by atoms with Crippen LogP contribution < -0.4 is 0 Å². The second kappa shape index (κ2) is 2.94. The molecule has 2 aromatic carbocycles. The lowest BCUT2D eigenvalue weighted by Gasteiger charge is -2.05. The smallest absolute Gasteiger partial charge is 0.105 e. The van der Waals surface area contributed by atoms with E-state index in [0.717, 1.165) is 11.1 Å². The highest BCUT2D eigenvalue weighted by molar-refractivity contribution is 5.78. The van der Waals surface area contributed by atoms with Crippen LogP contribution in [0.25, 0.3) is 11.1 Å². The molecule has 1 heteroatoms. The molecule has 3 rings (SSSR count). The molecule has 1 atom stereocenters. The fourth-order valence-electron chi connectivity index (χ4n) is 2.30. The van der Waals surface area contributed by atoms with Crippen molar-refractivity contribution in [1.82, 2.24) is 0 Å². The maximum atomic E-state index is 10.2. The van der Waals surface area contributed by atoms with Crippen molar-refractivity contribution < 1.29 is 5.11 Å². The molecule has 1 aliphatic rings. The maximum absolute atomic E-state index is 10.2. The van der Waals surface area contributed by atoms with E-state index < -0.39 is 6.10 Å². The quantitative estimate of drug-likeness (QED) is 0.686. The van der Waals surface area contributed by atoms with E-state index in [4.69, 9.17) is 0 Å². The summed E-state index contributed by atoms with van der Waals surface area (Å²) in [5.41, 5.74) is 5.60. The topological polar surface area (TPSA) is 20.2 Å². The van der Waals surface area contributed by atoms with Crippen molar-refractivity contribution in [2.75, 3.05) is 0 Å². The van der Waals surface area contributed by atoms with Crippen LogP contribution in [0.4, 0.5) is 0 Å². The van der Waals surface area contributed by atoms with E-state index >= 15 is 0 Å². The maximum Gasteiger partial charge on any atom is 0.105 e. The number of aliphatic hydroxyl groups excluding tert-OH is 1. The van der Waals surface area contributed by atoms with Gasteiger partial charge in [0.05, 0.1) is 0 Å². The average molecular weight is 196 g/mol. The fraction of sp³-hybridized carbons (Fsp3) is 0.143. The predicted molar refractivity (Wildman–Crippen MR) is 60.7 cm³/mol. The van der Waals surface area contributed by atoms with E-state index in [1.165, 1.54) is 16.7 Å². The van der Waals surface area contributed by atoms with Gasteiger partial charge in [0.2, 0.25) is 0 Å². The van der Waals surface area contributed by atoms with Crippen LogP contribution in [0.15, 0.2) is 42.5 Å². The molecular weight excluding hydrogens is 184 g/mol. The minimum atomic E-state index is -0.448. The van der Waals surface area contributed by atoms with E-state index in [2.05, 4.69) is 31.2 Å². The van der Waals surface area contributed by atoms with E-state index in [9.17, 15) is 5.11 Å². The van der Waals surface area contributed by atoms with Crippen molar-refractivity contribution in [3.8, 4) is 11.1 Å². The van der Waals surface area contributed by atoms with Crippen molar-refractivity contribution in [3.05, 3.63) is 59.2 Å². The normalized spacial score (nSPS) is 17.3. The first kappa shape index (κ1) is 8.69. The lowest BCUT2D eigenvalue weighted by atomic mass is 10.0. The van der Waals surface area contributed by atoms with E-state index in [-0.39, 0.29) is 0 Å². The zero-order valence-corrected chi connectivity index (χ0v) is 8.57. The summed E-state index contributed by atoms with van der Waals surface area (Å²) in [4.78, 5) is 0. The van der Waals surface area contributed by atoms with Gasteiger partial charge in [0.15, 0.2) is 0 Å². The van der Waals surface area contributed by atoms with Crippen LogP contribution in [0, 0.1) is 6.92 Å². The third kappa shape index (κ3) is 1.13. The van der Waals surface area contributed by atoms with E-state index in [0.29, 0.717) is 0 Å². The Hall–Kier alpha value is -1.60. The lowest BCUT2D eigenvalue weighted by molar-refractivity contribution is 0.225. The van der Waals surface area contributed by atoms with Gasteiger partial charge in [-0.3, -0.25) is 0 Å². The Bertz CT molecular complexity index is 529. The summed E-state index contributed by atoms with van der Waals surface area (Å²) in [6.07, 6.45) is -0.448. The minimum absolute atomic E-state index is 0.448. The number of fused-ring (bicyclic) bond motifs is 3. The van der Waals surface area contributed by atoms with Gasteiger partial charge < -0.3 is 5.11 Å². The van der Waals surface area contributed by atoms with Crippen molar-refractivity contribution in [1.29, 1.82) is 0 Å². The molecule has 0 aromatic heterocycles. The molecule has 0 fully saturated rings. The lowest BCUT2D eigenvalue weighted by Crippen LogP contribution is -1.93. The Morgan fingerprint density at radius 3 is 2.53 bits per heavy atom. The van der Waals surface area contributed by atoms with Gasteiger partial charge in [-0.1, -0.05) is 48.0 Å². The summed E-state index contributed by atoms with van der Waals surface area (Å²) in [6, 6.07) is 14.3. The number of benzene rings is 2. The monoisotopic (exact) mass is 196 g/mol. The largest absolute Gasteiger partial charge is 0.384 e. The summed E-state index contributed by atoms with van der Waals surface area (Å²) in [7, 11) is 0. The van der Waals surface area contributed by atoms with Crippen molar-refractivity contribution in [2.24, 2.45) is 0 Å². The van der Waals surface area contributed by atoms with Crippen LogP contribution in [-0.2, 0) is 0 Å².